The summed E-state index contributed by atoms with van der Waals surface area (Å²) in [7, 11) is 0. The largest absolute Gasteiger partial charge is 0.310 e. The SMILES string of the molecule is CCCCCCc1cc(C)c(CCCCCC)cc1C.Cc1cc(-c2nc(-c3ccc(C(C)(C)C)cc3)nc(-c3ccc(C(C)(C)C)cc3)n2)cc(C)c1C.Cc1cc(N(c2ccc(C(C)(C)C)cc2)c2ccc(C(C)(C)C)cc2)cc(C)c1C. The maximum Gasteiger partial charge on any atom is 0.164 e. The monoisotopic (exact) mass is 1140 g/mol. The van der Waals surface area contributed by atoms with E-state index in [-0.39, 0.29) is 21.7 Å². The lowest BCUT2D eigenvalue weighted by molar-refractivity contribution is 0.590. The van der Waals surface area contributed by atoms with Gasteiger partial charge in [-0.15, -0.1) is 0 Å². The van der Waals surface area contributed by atoms with Crippen molar-refractivity contribution >= 4 is 17.1 Å². The number of aryl methyl sites for hydroxylation is 8. The van der Waals surface area contributed by atoms with Crippen molar-refractivity contribution in [2.75, 3.05) is 4.90 Å². The summed E-state index contributed by atoms with van der Waals surface area (Å²) in [5.41, 5.74) is 26.4. The van der Waals surface area contributed by atoms with E-state index in [2.05, 4.69) is 291 Å². The van der Waals surface area contributed by atoms with Crippen LogP contribution in [0.25, 0.3) is 34.2 Å². The zero-order valence-corrected chi connectivity index (χ0v) is 57.1. The Kier molecular flexibility index (Phi) is 23.1. The maximum absolute atomic E-state index is 4.94. The molecule has 0 aliphatic carbocycles. The second-order valence-electron chi connectivity index (χ2n) is 28.7. The minimum atomic E-state index is 0.0969. The van der Waals surface area contributed by atoms with Crippen LogP contribution in [0.3, 0.4) is 0 Å². The third kappa shape index (κ3) is 18.7. The van der Waals surface area contributed by atoms with Gasteiger partial charge in [-0.3, -0.25) is 0 Å². The summed E-state index contributed by atoms with van der Waals surface area (Å²) in [5, 5.41) is 0. The summed E-state index contributed by atoms with van der Waals surface area (Å²) >= 11 is 0. The van der Waals surface area contributed by atoms with Gasteiger partial charge in [0.15, 0.2) is 17.5 Å². The molecule has 0 unspecified atom stereocenters. The predicted molar refractivity (Wildman–Crippen MR) is 372 cm³/mol. The Labute approximate surface area is 517 Å². The van der Waals surface area contributed by atoms with Crippen molar-refractivity contribution in [2.45, 2.75) is 238 Å². The van der Waals surface area contributed by atoms with Crippen LogP contribution in [0.2, 0.25) is 0 Å². The highest BCUT2D eigenvalue weighted by atomic mass is 15.1. The van der Waals surface area contributed by atoms with Crippen LogP contribution in [-0.4, -0.2) is 15.0 Å². The van der Waals surface area contributed by atoms with E-state index in [4.69, 9.17) is 15.0 Å². The van der Waals surface area contributed by atoms with Crippen molar-refractivity contribution in [3.05, 3.63) is 211 Å². The molecule has 0 bridgehead atoms. The molecule has 8 rings (SSSR count). The molecule has 0 fully saturated rings. The van der Waals surface area contributed by atoms with Crippen LogP contribution in [-0.2, 0) is 34.5 Å². The number of benzene rings is 7. The molecule has 1 heterocycles. The fraction of sp³-hybridized carbons (Fsp3) is 0.444. The number of unbranched alkanes of at least 4 members (excludes halogenated alkanes) is 6. The first kappa shape index (κ1) is 67.5. The Bertz CT molecular complexity index is 3200. The Morgan fingerprint density at radius 3 is 0.871 bits per heavy atom. The third-order valence-electron chi connectivity index (χ3n) is 17.4. The lowest BCUT2D eigenvalue weighted by atomic mass is 9.86. The molecule has 0 aliphatic heterocycles. The van der Waals surface area contributed by atoms with E-state index < -0.39 is 0 Å². The van der Waals surface area contributed by atoms with E-state index in [1.54, 1.807) is 11.1 Å². The second-order valence-corrected chi connectivity index (χ2v) is 28.7. The molecule has 0 saturated heterocycles. The highest BCUT2D eigenvalue weighted by molar-refractivity contribution is 5.78. The van der Waals surface area contributed by atoms with E-state index in [0.29, 0.717) is 17.5 Å². The van der Waals surface area contributed by atoms with Gasteiger partial charge >= 0.3 is 0 Å². The molecule has 452 valence electrons. The normalized spacial score (nSPS) is 11.9. The molecule has 0 spiro atoms. The van der Waals surface area contributed by atoms with E-state index in [1.165, 1.54) is 148 Å². The predicted octanol–water partition coefficient (Wildman–Crippen LogP) is 23.6. The van der Waals surface area contributed by atoms with Gasteiger partial charge in [-0.2, -0.15) is 0 Å². The lowest BCUT2D eigenvalue weighted by Crippen LogP contribution is -2.14. The molecule has 7 aromatic carbocycles. The molecule has 4 heteroatoms. The van der Waals surface area contributed by atoms with Crippen molar-refractivity contribution in [3.8, 4) is 34.2 Å². The van der Waals surface area contributed by atoms with Crippen molar-refractivity contribution in [2.24, 2.45) is 0 Å². The average Bonchev–Trinajstić information content (AvgIpc) is 3.62. The number of rotatable bonds is 16. The van der Waals surface area contributed by atoms with Gasteiger partial charge in [0, 0.05) is 33.8 Å². The van der Waals surface area contributed by atoms with Crippen molar-refractivity contribution in [1.82, 2.24) is 15.0 Å². The van der Waals surface area contributed by atoms with Crippen molar-refractivity contribution in [1.29, 1.82) is 0 Å². The Balaban J connectivity index is 0.000000212. The third-order valence-corrected chi connectivity index (χ3v) is 17.4. The Hall–Kier alpha value is -6.65. The van der Waals surface area contributed by atoms with E-state index in [9.17, 15) is 0 Å². The first-order chi connectivity index (χ1) is 39.9. The molecule has 0 N–H and O–H groups in total. The molecule has 85 heavy (non-hydrogen) atoms. The Morgan fingerprint density at radius 2 is 0.576 bits per heavy atom. The molecular weight excluding hydrogens is 1030 g/mol. The molecular formula is C81H108N4. The van der Waals surface area contributed by atoms with Gasteiger partial charge in [-0.05, 0) is 229 Å². The summed E-state index contributed by atoms with van der Waals surface area (Å²) < 4.78 is 0. The summed E-state index contributed by atoms with van der Waals surface area (Å²) in [4.78, 5) is 17.2. The van der Waals surface area contributed by atoms with Gasteiger partial charge in [0.2, 0.25) is 0 Å². The van der Waals surface area contributed by atoms with Crippen LogP contribution in [0.5, 0.6) is 0 Å². The maximum atomic E-state index is 4.94. The smallest absolute Gasteiger partial charge is 0.164 e. The van der Waals surface area contributed by atoms with Crippen molar-refractivity contribution in [3.63, 3.8) is 0 Å². The molecule has 1 aromatic heterocycles. The number of nitrogens with zero attached hydrogens (tertiary/aromatic N) is 4. The topological polar surface area (TPSA) is 41.9 Å². The van der Waals surface area contributed by atoms with E-state index in [0.717, 1.165) is 16.7 Å². The Morgan fingerprint density at radius 1 is 0.294 bits per heavy atom. The van der Waals surface area contributed by atoms with Gasteiger partial charge in [-0.25, -0.2) is 15.0 Å². The second kappa shape index (κ2) is 29.2. The minimum absolute atomic E-state index is 0.0969. The molecule has 0 aliphatic rings. The zero-order chi connectivity index (χ0) is 62.6. The van der Waals surface area contributed by atoms with Crippen LogP contribution in [0.15, 0.2) is 133 Å². The van der Waals surface area contributed by atoms with E-state index >= 15 is 0 Å². The molecule has 0 saturated carbocycles. The van der Waals surface area contributed by atoms with Crippen LogP contribution in [0.4, 0.5) is 17.1 Å². The molecule has 8 aromatic rings. The average molecular weight is 1140 g/mol. The van der Waals surface area contributed by atoms with Crippen LogP contribution in [0.1, 0.15) is 226 Å². The fourth-order valence-electron chi connectivity index (χ4n) is 10.9. The first-order valence-electron chi connectivity index (χ1n) is 32.1. The molecule has 4 nitrogen and oxygen atoms in total. The minimum Gasteiger partial charge on any atom is -0.310 e. The van der Waals surface area contributed by atoms with Crippen LogP contribution in [0, 0.1) is 55.4 Å². The van der Waals surface area contributed by atoms with E-state index in [1.807, 2.05) is 0 Å². The highest BCUT2D eigenvalue weighted by Gasteiger charge is 2.21. The molecule has 0 amide bonds. The summed E-state index contributed by atoms with van der Waals surface area (Å²) in [6.07, 6.45) is 13.4. The van der Waals surface area contributed by atoms with Gasteiger partial charge in [0.1, 0.15) is 0 Å². The number of aromatic nitrogens is 3. The first-order valence-corrected chi connectivity index (χ1v) is 32.1. The zero-order valence-electron chi connectivity index (χ0n) is 57.1. The van der Waals surface area contributed by atoms with Gasteiger partial charge in [-0.1, -0.05) is 220 Å². The lowest BCUT2D eigenvalue weighted by Gasteiger charge is -2.29. The quantitative estimate of drug-likeness (QED) is 0.0904. The fourth-order valence-corrected chi connectivity index (χ4v) is 10.9. The number of hydrogen-bond donors (Lipinski definition) is 0. The summed E-state index contributed by atoms with van der Waals surface area (Å²) in [5.74, 6) is 2.10. The van der Waals surface area contributed by atoms with Gasteiger partial charge in [0.05, 0.1) is 0 Å². The van der Waals surface area contributed by atoms with Crippen molar-refractivity contribution < 1.29 is 0 Å². The molecule has 0 radical (unpaired) electrons. The number of anilines is 3. The van der Waals surface area contributed by atoms with Gasteiger partial charge < -0.3 is 4.90 Å². The standard InChI is InChI=1S/C32H37N3.C29H37N.C20H34/c1-20-18-25(19-21(2)22(20)3)30-34-28(23-10-14-26(15-11-23)31(4,5)6)33-29(35-30)24-12-16-27(17-13-24)32(7,8)9;1-20-18-27(19-21(2)22(20)3)30(25-14-10-23(11-15-25)28(4,5)6)26-16-12-24(13-17-26)29(7,8)9;1-5-7-9-11-13-19-15-18(4)20(16-17(19)3)14-12-10-8-6-2/h10-19H,1-9H3;10-19H,1-9H3;15-16H,5-14H2,1-4H3. The molecule has 0 atom stereocenters. The summed E-state index contributed by atoms with van der Waals surface area (Å²) in [6, 6.07) is 49.1. The number of hydrogen-bond acceptors (Lipinski definition) is 4. The highest BCUT2D eigenvalue weighted by Crippen LogP contribution is 2.39. The van der Waals surface area contributed by atoms with Crippen LogP contribution < -0.4 is 4.90 Å². The van der Waals surface area contributed by atoms with Gasteiger partial charge in [0.25, 0.3) is 0 Å². The van der Waals surface area contributed by atoms with Crippen LogP contribution >= 0.6 is 0 Å². The summed E-state index contributed by atoms with van der Waals surface area (Å²) in [6.45, 7) is 49.1.